The molecule has 0 N–H and O–H groups in total. The van der Waals surface area contributed by atoms with Gasteiger partial charge in [-0.15, -0.1) is 0 Å². The number of hydrogen-bond acceptors (Lipinski definition) is 1. The van der Waals surface area contributed by atoms with Gasteiger partial charge in [0, 0.05) is 6.61 Å². The Morgan fingerprint density at radius 3 is 2.29 bits per heavy atom. The molecule has 43 valence electrons. The largest absolute Gasteiger partial charge is 0.363 e. The molecule has 1 nitrogen and oxygen atoms in total. The summed E-state index contributed by atoms with van der Waals surface area (Å²) < 4.78 is 5.03. The molecule has 0 fully saturated rings. The van der Waals surface area contributed by atoms with E-state index in [9.17, 15) is 0 Å². The van der Waals surface area contributed by atoms with Crippen molar-refractivity contribution in [2.45, 2.75) is 13.3 Å². The van der Waals surface area contributed by atoms with Crippen LogP contribution in [-0.2, 0) is 4.74 Å². The van der Waals surface area contributed by atoms with Crippen molar-refractivity contribution in [3.05, 3.63) is 5.59 Å². The van der Waals surface area contributed by atoms with Crippen molar-refractivity contribution in [1.82, 2.24) is 0 Å². The van der Waals surface area contributed by atoms with Crippen molar-refractivity contribution in [2.24, 2.45) is 0 Å². The molecule has 0 aliphatic heterocycles. The molecule has 0 aromatic rings. The predicted octanol–water partition coefficient (Wildman–Crippen LogP) is 1.61. The smallest absolute Gasteiger partial charge is 0.129 e. The molecule has 0 saturated carbocycles. The Bertz CT molecular complexity index is 38.7. The molecule has 2 atom stereocenters. The Morgan fingerprint density at radius 1 is 1.57 bits per heavy atom. The second-order valence-electron chi connectivity index (χ2n) is 1.25. The number of ether oxygens (including phenoxy) is 1. The molecule has 0 rings (SSSR count). The van der Waals surface area contributed by atoms with Gasteiger partial charge in [0.15, 0.2) is 0 Å². The summed E-state index contributed by atoms with van der Waals surface area (Å²) in [5.41, 5.74) is 0.891. The van der Waals surface area contributed by atoms with E-state index in [1.54, 1.807) is 0 Å². The fourth-order valence-electron chi connectivity index (χ4n) is 0.220. The molecule has 0 spiro atoms. The van der Waals surface area contributed by atoms with Crippen LogP contribution in [0.15, 0.2) is 0 Å². The van der Waals surface area contributed by atoms with Crippen LogP contribution in [0, 0.1) is 5.59 Å². The zero-order chi connectivity index (χ0) is 5.70. The third-order valence-corrected chi connectivity index (χ3v) is 0.806. The molecule has 0 aromatic heterocycles. The summed E-state index contributed by atoms with van der Waals surface area (Å²) in [4.78, 5) is 0. The number of hydrogen-bond donors (Lipinski definition) is 0. The lowest BCUT2D eigenvalue weighted by molar-refractivity contribution is 0.218. The van der Waals surface area contributed by atoms with Crippen LogP contribution in [0.2, 0.25) is 0 Å². The summed E-state index contributed by atoms with van der Waals surface area (Å²) in [7, 11) is 4.93. The molecule has 0 amide bonds. The fourth-order valence-corrected chi connectivity index (χ4v) is 0.456. The maximum Gasteiger partial charge on any atom is 0.129 e. The zero-order valence-electron chi connectivity index (χ0n) is 4.48. The van der Waals surface area contributed by atoms with E-state index in [4.69, 9.17) is 4.74 Å². The van der Waals surface area contributed by atoms with Crippen molar-refractivity contribution in [2.75, 3.05) is 6.61 Å². The standard InChI is InChI=1S/C4H11OP2/c1-2-3-5-4(6)7/h2-3,6-7H2,1H3. The Balaban J connectivity index is 2.68. The Labute approximate surface area is 49.6 Å². The summed E-state index contributed by atoms with van der Waals surface area (Å²) in [5.74, 6) is 0. The van der Waals surface area contributed by atoms with E-state index < -0.39 is 0 Å². The quantitative estimate of drug-likeness (QED) is 0.537. The second kappa shape index (κ2) is 4.97. The van der Waals surface area contributed by atoms with Gasteiger partial charge in [-0.1, -0.05) is 25.4 Å². The molecule has 0 aliphatic carbocycles. The van der Waals surface area contributed by atoms with Crippen molar-refractivity contribution in [3.8, 4) is 0 Å². The topological polar surface area (TPSA) is 9.23 Å². The van der Waals surface area contributed by atoms with E-state index >= 15 is 0 Å². The number of rotatable bonds is 3. The summed E-state index contributed by atoms with van der Waals surface area (Å²) in [6, 6.07) is 0. The molecule has 7 heavy (non-hydrogen) atoms. The molecule has 1 radical (unpaired) electrons. The maximum absolute atomic E-state index is 5.03. The lowest BCUT2D eigenvalue weighted by Crippen LogP contribution is -1.87. The fraction of sp³-hybridized carbons (Fsp3) is 0.750. The SMILES string of the molecule is CCCO[C](P)P. The van der Waals surface area contributed by atoms with E-state index in [0.29, 0.717) is 0 Å². The van der Waals surface area contributed by atoms with Crippen LogP contribution in [0.5, 0.6) is 0 Å². The van der Waals surface area contributed by atoms with Crippen molar-refractivity contribution >= 4 is 18.5 Å². The highest BCUT2D eigenvalue weighted by Gasteiger charge is 1.88. The predicted molar refractivity (Wildman–Crippen MR) is 38.9 cm³/mol. The first-order valence-corrected chi connectivity index (χ1v) is 3.43. The van der Waals surface area contributed by atoms with Gasteiger partial charge < -0.3 is 4.74 Å². The minimum atomic E-state index is 0.822. The first-order valence-electron chi connectivity index (χ1n) is 2.28. The van der Waals surface area contributed by atoms with Gasteiger partial charge in [0.1, 0.15) is 5.59 Å². The molecular formula is C4H11OP2. The minimum Gasteiger partial charge on any atom is -0.363 e. The zero-order valence-corrected chi connectivity index (χ0v) is 6.79. The van der Waals surface area contributed by atoms with Crippen LogP contribution in [-0.4, -0.2) is 6.61 Å². The average molecular weight is 137 g/mol. The van der Waals surface area contributed by atoms with Gasteiger partial charge in [-0.05, 0) is 6.42 Å². The first kappa shape index (κ1) is 7.82. The van der Waals surface area contributed by atoms with Crippen molar-refractivity contribution in [1.29, 1.82) is 0 Å². The lowest BCUT2D eigenvalue weighted by Gasteiger charge is -2.01. The highest BCUT2D eigenvalue weighted by molar-refractivity contribution is 7.42. The average Bonchev–Trinajstić information content (AvgIpc) is 1.61. The maximum atomic E-state index is 5.03. The van der Waals surface area contributed by atoms with E-state index in [-0.39, 0.29) is 0 Å². The van der Waals surface area contributed by atoms with E-state index in [0.717, 1.165) is 18.6 Å². The van der Waals surface area contributed by atoms with Crippen molar-refractivity contribution < 1.29 is 4.74 Å². The molecule has 0 heterocycles. The van der Waals surface area contributed by atoms with Crippen molar-refractivity contribution in [3.63, 3.8) is 0 Å². The van der Waals surface area contributed by atoms with Crippen LogP contribution in [0.1, 0.15) is 13.3 Å². The highest BCUT2D eigenvalue weighted by Crippen LogP contribution is 2.19. The third kappa shape index (κ3) is 6.82. The molecule has 0 aromatic carbocycles. The summed E-state index contributed by atoms with van der Waals surface area (Å²) in [6.07, 6.45) is 1.08. The highest BCUT2D eigenvalue weighted by atomic mass is 31.1. The van der Waals surface area contributed by atoms with E-state index in [2.05, 4.69) is 25.4 Å². The van der Waals surface area contributed by atoms with Crippen LogP contribution in [0.25, 0.3) is 0 Å². The van der Waals surface area contributed by atoms with Crippen LogP contribution in [0.3, 0.4) is 0 Å². The van der Waals surface area contributed by atoms with Gasteiger partial charge in [-0.25, -0.2) is 0 Å². The van der Waals surface area contributed by atoms with Crippen LogP contribution in [0.4, 0.5) is 0 Å². The monoisotopic (exact) mass is 137 g/mol. The van der Waals surface area contributed by atoms with Gasteiger partial charge in [-0.3, -0.25) is 0 Å². The first-order chi connectivity index (χ1) is 3.27. The molecule has 0 aliphatic rings. The van der Waals surface area contributed by atoms with Gasteiger partial charge in [0.2, 0.25) is 0 Å². The molecule has 0 saturated heterocycles. The lowest BCUT2D eigenvalue weighted by atomic mass is 10.5. The third-order valence-electron chi connectivity index (χ3n) is 0.473. The Kier molecular flexibility index (Phi) is 5.55. The second-order valence-corrected chi connectivity index (χ2v) is 3.06. The van der Waals surface area contributed by atoms with E-state index in [1.807, 2.05) is 0 Å². The van der Waals surface area contributed by atoms with Crippen LogP contribution >= 0.6 is 18.5 Å². The summed E-state index contributed by atoms with van der Waals surface area (Å²) in [6.45, 7) is 2.90. The van der Waals surface area contributed by atoms with Gasteiger partial charge in [0.25, 0.3) is 0 Å². The van der Waals surface area contributed by atoms with Crippen LogP contribution < -0.4 is 0 Å². The van der Waals surface area contributed by atoms with Gasteiger partial charge in [-0.2, -0.15) is 0 Å². The molecule has 2 unspecified atom stereocenters. The molecule has 3 heteroatoms. The minimum absolute atomic E-state index is 0.822. The van der Waals surface area contributed by atoms with E-state index in [1.165, 1.54) is 0 Å². The molecular weight excluding hydrogens is 126 g/mol. The normalized spacial score (nSPS) is 10.3. The van der Waals surface area contributed by atoms with Gasteiger partial charge >= 0.3 is 0 Å². The molecule has 0 bridgehead atoms. The van der Waals surface area contributed by atoms with Gasteiger partial charge in [0.05, 0.1) is 0 Å². The Morgan fingerprint density at radius 2 is 2.14 bits per heavy atom. The summed E-state index contributed by atoms with van der Waals surface area (Å²) >= 11 is 0. The summed E-state index contributed by atoms with van der Waals surface area (Å²) in [5, 5.41) is 0. The Hall–Kier alpha value is 0.820.